The summed E-state index contributed by atoms with van der Waals surface area (Å²) in [6.07, 6.45) is 5.49. The minimum atomic E-state index is -2.37. The average Bonchev–Trinajstić information content (AvgIpc) is 3.49. The molecule has 8 atom stereocenters. The highest BCUT2D eigenvalue weighted by molar-refractivity contribution is 6.91. The number of carbonyl (C=O) groups is 4. The van der Waals surface area contributed by atoms with Crippen LogP contribution in [0, 0.1) is 45.8 Å². The van der Waals surface area contributed by atoms with Crippen LogP contribution in [-0.4, -0.2) is 52.2 Å². The van der Waals surface area contributed by atoms with Crippen molar-refractivity contribution in [2.24, 2.45) is 45.8 Å². The fraction of sp³-hybridized carbons (Fsp3) is 0.545. The third kappa shape index (κ3) is 5.98. The highest BCUT2D eigenvalue weighted by atomic mass is 28.3. The van der Waals surface area contributed by atoms with Crippen LogP contribution in [0.25, 0.3) is 0 Å². The summed E-state index contributed by atoms with van der Waals surface area (Å²) in [5, 5.41) is 1.21. The molecule has 0 saturated heterocycles. The molecule has 1 unspecified atom stereocenters. The van der Waals surface area contributed by atoms with E-state index < -0.39 is 42.6 Å². The summed E-state index contributed by atoms with van der Waals surface area (Å²) in [5.74, 6) is -2.38. The Labute approximate surface area is 310 Å². The van der Waals surface area contributed by atoms with Crippen LogP contribution in [0.4, 0.5) is 0 Å². The zero-order chi connectivity index (χ0) is 37.6. The second-order valence-corrected chi connectivity index (χ2v) is 22.0. The van der Waals surface area contributed by atoms with Crippen molar-refractivity contribution in [3.8, 4) is 5.75 Å². The maximum Gasteiger partial charge on any atom is 0.317 e. The fourth-order valence-corrected chi connectivity index (χ4v) is 15.8. The van der Waals surface area contributed by atoms with Gasteiger partial charge in [0.05, 0.1) is 27.2 Å². The number of esters is 1. The van der Waals surface area contributed by atoms with E-state index in [4.69, 9.17) is 14.2 Å². The SMILES string of the molecule is C=CCOC(=O)C1C(=O)C2=C3CC[C@H]([C@H](C)COCc4ccc(OC)cc4)[C@@]3(C)CC[C@@H]2[C@@]2(C=O)C(=O)C[C@H]([Si](C)(C)c3ccccc3)C(C)(C)[C@@H]12. The van der Waals surface area contributed by atoms with E-state index in [1.165, 1.54) is 11.3 Å². The van der Waals surface area contributed by atoms with Crippen molar-refractivity contribution in [2.75, 3.05) is 20.3 Å². The van der Waals surface area contributed by atoms with Crippen molar-refractivity contribution in [3.63, 3.8) is 0 Å². The fourth-order valence-electron chi connectivity index (χ4n) is 11.6. The Morgan fingerprint density at radius 2 is 1.73 bits per heavy atom. The highest BCUT2D eigenvalue weighted by Crippen LogP contribution is 2.70. The molecule has 0 N–H and O–H groups in total. The molecule has 7 nitrogen and oxygen atoms in total. The van der Waals surface area contributed by atoms with Gasteiger partial charge in [-0.05, 0) is 71.6 Å². The van der Waals surface area contributed by atoms with Crippen molar-refractivity contribution < 1.29 is 33.4 Å². The summed E-state index contributed by atoms with van der Waals surface area (Å²) < 4.78 is 17.2. The second kappa shape index (κ2) is 14.3. The maximum absolute atomic E-state index is 15.2. The van der Waals surface area contributed by atoms with Crippen LogP contribution in [0.2, 0.25) is 18.6 Å². The van der Waals surface area contributed by atoms with Gasteiger partial charge < -0.3 is 19.0 Å². The topological polar surface area (TPSA) is 96.0 Å². The Balaban J connectivity index is 1.38. The molecule has 0 amide bonds. The summed E-state index contributed by atoms with van der Waals surface area (Å²) in [4.78, 5) is 58.3. The third-order valence-electron chi connectivity index (χ3n) is 14.1. The average molecular weight is 725 g/mol. The van der Waals surface area contributed by atoms with Gasteiger partial charge in [-0.3, -0.25) is 14.4 Å². The Morgan fingerprint density at radius 1 is 1.04 bits per heavy atom. The molecule has 4 aliphatic rings. The van der Waals surface area contributed by atoms with Crippen LogP contribution < -0.4 is 9.92 Å². The lowest BCUT2D eigenvalue weighted by atomic mass is 9.41. The zero-order valence-corrected chi connectivity index (χ0v) is 33.0. The van der Waals surface area contributed by atoms with Gasteiger partial charge in [0.15, 0.2) is 5.78 Å². The Morgan fingerprint density at radius 3 is 2.37 bits per heavy atom. The first-order valence-corrected chi connectivity index (χ1v) is 22.1. The molecule has 0 radical (unpaired) electrons. The van der Waals surface area contributed by atoms with E-state index in [0.29, 0.717) is 31.6 Å². The van der Waals surface area contributed by atoms with Crippen LogP contribution in [-0.2, 0) is 35.3 Å². The molecule has 6 rings (SSSR count). The van der Waals surface area contributed by atoms with Gasteiger partial charge in [-0.15, -0.1) is 0 Å². The summed E-state index contributed by atoms with van der Waals surface area (Å²) in [6.45, 7) is 17.9. The Kier molecular flexibility index (Phi) is 10.5. The van der Waals surface area contributed by atoms with Crippen LogP contribution >= 0.6 is 0 Å². The molecular formula is C44H56O7Si. The zero-order valence-electron chi connectivity index (χ0n) is 32.0. The molecule has 0 heterocycles. The number of aldehydes is 1. The first kappa shape index (κ1) is 38.1. The van der Waals surface area contributed by atoms with Crippen molar-refractivity contribution >= 4 is 37.1 Å². The largest absolute Gasteiger partial charge is 0.497 e. The number of hydrogen-bond acceptors (Lipinski definition) is 7. The van der Waals surface area contributed by atoms with Gasteiger partial charge in [-0.25, -0.2) is 0 Å². The lowest BCUT2D eigenvalue weighted by molar-refractivity contribution is -0.175. The molecule has 2 aromatic carbocycles. The molecule has 8 heteroatoms. The van der Waals surface area contributed by atoms with E-state index in [1.54, 1.807) is 7.11 Å². The number of rotatable bonds is 12. The predicted molar refractivity (Wildman–Crippen MR) is 205 cm³/mol. The van der Waals surface area contributed by atoms with Crippen molar-refractivity contribution in [1.82, 2.24) is 0 Å². The van der Waals surface area contributed by atoms with Gasteiger partial charge in [-0.1, -0.05) is 107 Å². The van der Waals surface area contributed by atoms with E-state index in [1.807, 2.05) is 42.5 Å². The van der Waals surface area contributed by atoms with E-state index in [0.717, 1.165) is 36.0 Å². The van der Waals surface area contributed by atoms with Gasteiger partial charge in [-0.2, -0.15) is 0 Å². The molecule has 0 aliphatic heterocycles. The van der Waals surface area contributed by atoms with E-state index >= 15 is 4.79 Å². The van der Waals surface area contributed by atoms with E-state index in [9.17, 15) is 14.4 Å². The van der Waals surface area contributed by atoms with Crippen LogP contribution in [0.15, 0.2) is 78.4 Å². The molecule has 0 spiro atoms. The highest BCUT2D eigenvalue weighted by Gasteiger charge is 2.72. The third-order valence-corrected chi connectivity index (χ3v) is 18.6. The molecule has 0 aromatic heterocycles. The quantitative estimate of drug-likeness (QED) is 0.0729. The van der Waals surface area contributed by atoms with Crippen molar-refractivity contribution in [3.05, 3.63) is 84.0 Å². The lowest BCUT2D eigenvalue weighted by Gasteiger charge is -2.63. The number of allylic oxidation sites excluding steroid dienone is 2. The first-order valence-electron chi connectivity index (χ1n) is 19.0. The Hall–Kier alpha value is -3.62. The second-order valence-electron chi connectivity index (χ2n) is 17.3. The number of ether oxygens (including phenoxy) is 3. The molecule has 3 fully saturated rings. The maximum atomic E-state index is 15.2. The molecular weight excluding hydrogens is 669 g/mol. The summed E-state index contributed by atoms with van der Waals surface area (Å²) in [6, 6.07) is 18.2. The van der Waals surface area contributed by atoms with Gasteiger partial charge in [0.2, 0.25) is 0 Å². The summed E-state index contributed by atoms with van der Waals surface area (Å²) in [5.41, 5.74) is 0.0765. The van der Waals surface area contributed by atoms with Crippen LogP contribution in [0.5, 0.6) is 5.75 Å². The van der Waals surface area contributed by atoms with E-state index in [2.05, 4.69) is 59.5 Å². The summed E-state index contributed by atoms with van der Waals surface area (Å²) in [7, 11) is -0.721. The van der Waals surface area contributed by atoms with E-state index in [-0.39, 0.29) is 47.4 Å². The first-order chi connectivity index (χ1) is 24.7. The Bertz CT molecular complexity index is 1740. The van der Waals surface area contributed by atoms with Gasteiger partial charge >= 0.3 is 5.97 Å². The van der Waals surface area contributed by atoms with Crippen molar-refractivity contribution in [2.45, 2.75) is 85.0 Å². The minimum Gasteiger partial charge on any atom is -0.497 e. The molecule has 0 bridgehead atoms. The standard InChI is InChI=1S/C44H56O7Si/c1-9-23-51-41(48)38-39(47)37-33-20-19-32(28(2)25-50-26-29-15-17-30(49-6)18-16-29)43(33,5)22-21-34(37)44(27-45)35(46)24-36(42(3,4)40(38)44)52(7,8)31-13-11-10-12-14-31/h9-18,27-28,32,34,36,38,40H,1,19-26H2,2-8H3/t28-,32-,34+,36+,38?,40-,43-,44+/m1/s1. The number of fused-ring (bicyclic) bond motifs is 4. The van der Waals surface area contributed by atoms with Gasteiger partial charge in [0.1, 0.15) is 30.3 Å². The van der Waals surface area contributed by atoms with Gasteiger partial charge in [0, 0.05) is 30.4 Å². The molecule has 4 aliphatic carbocycles. The molecule has 3 saturated carbocycles. The number of ketones is 2. The molecule has 52 heavy (non-hydrogen) atoms. The predicted octanol–water partition coefficient (Wildman–Crippen LogP) is 7.69. The van der Waals surface area contributed by atoms with Crippen LogP contribution in [0.3, 0.4) is 0 Å². The van der Waals surface area contributed by atoms with Crippen LogP contribution in [0.1, 0.15) is 65.4 Å². The number of methoxy groups -OCH3 is 1. The van der Waals surface area contributed by atoms with Gasteiger partial charge in [0.25, 0.3) is 0 Å². The number of Topliss-reactive ketones (excluding diaryl/α,β-unsaturated/α-hetero) is 2. The number of carbonyl (C=O) groups excluding carboxylic acids is 4. The molecule has 278 valence electrons. The summed E-state index contributed by atoms with van der Waals surface area (Å²) >= 11 is 0. The minimum absolute atomic E-state index is 0.0470. The monoisotopic (exact) mass is 724 g/mol. The number of hydrogen-bond donors (Lipinski definition) is 0. The number of benzene rings is 2. The smallest absolute Gasteiger partial charge is 0.317 e. The van der Waals surface area contributed by atoms with Crippen molar-refractivity contribution in [1.29, 1.82) is 0 Å². The normalized spacial score (nSPS) is 31.6. The molecule has 2 aromatic rings. The lowest BCUT2D eigenvalue weighted by Crippen LogP contribution is -2.69.